The Hall–Kier alpha value is -2.03. The largest absolute Gasteiger partial charge is 0.491 e. The number of carbonyl (C=O) groups is 1. The molecule has 3 heteroatoms. The first-order chi connectivity index (χ1) is 9.49. The first-order valence-corrected chi connectivity index (χ1v) is 6.86. The summed E-state index contributed by atoms with van der Waals surface area (Å²) in [6, 6.07) is 9.60. The Balaban J connectivity index is 2.47. The maximum absolute atomic E-state index is 11.2. The van der Waals surface area contributed by atoms with E-state index in [4.69, 9.17) is 9.47 Å². The third kappa shape index (κ3) is 3.29. The summed E-state index contributed by atoms with van der Waals surface area (Å²) in [6.45, 7) is 7.86. The Morgan fingerprint density at radius 2 is 1.60 bits per heavy atom. The van der Waals surface area contributed by atoms with Crippen LogP contribution in [0.4, 0.5) is 0 Å². The molecule has 0 fully saturated rings. The maximum Gasteiger partial charge on any atom is 0.153 e. The van der Waals surface area contributed by atoms with E-state index in [-0.39, 0.29) is 12.2 Å². The third-order valence-corrected chi connectivity index (χ3v) is 2.80. The zero-order valence-corrected chi connectivity index (χ0v) is 12.3. The van der Waals surface area contributed by atoms with Crippen molar-refractivity contribution in [1.82, 2.24) is 0 Å². The van der Waals surface area contributed by atoms with Gasteiger partial charge >= 0.3 is 0 Å². The van der Waals surface area contributed by atoms with Crippen molar-refractivity contribution in [3.8, 4) is 11.5 Å². The Morgan fingerprint density at radius 3 is 2.20 bits per heavy atom. The number of hydrogen-bond donors (Lipinski definition) is 0. The van der Waals surface area contributed by atoms with Crippen LogP contribution in [0.5, 0.6) is 11.5 Å². The second-order valence-electron chi connectivity index (χ2n) is 5.35. The van der Waals surface area contributed by atoms with Crippen molar-refractivity contribution in [2.45, 2.75) is 39.9 Å². The Labute approximate surface area is 119 Å². The van der Waals surface area contributed by atoms with E-state index in [1.165, 1.54) is 0 Å². The van der Waals surface area contributed by atoms with E-state index in [9.17, 15) is 4.79 Å². The summed E-state index contributed by atoms with van der Waals surface area (Å²) in [4.78, 5) is 11.2. The van der Waals surface area contributed by atoms with Gasteiger partial charge in [0.15, 0.2) is 6.29 Å². The van der Waals surface area contributed by atoms with Gasteiger partial charge in [0.2, 0.25) is 0 Å². The van der Waals surface area contributed by atoms with Gasteiger partial charge in [0.05, 0.1) is 17.8 Å². The molecule has 0 N–H and O–H groups in total. The minimum atomic E-state index is 0.0368. The van der Waals surface area contributed by atoms with E-state index in [0.29, 0.717) is 11.3 Å². The summed E-state index contributed by atoms with van der Waals surface area (Å²) < 4.78 is 11.3. The van der Waals surface area contributed by atoms with E-state index < -0.39 is 0 Å². The van der Waals surface area contributed by atoms with Gasteiger partial charge < -0.3 is 9.47 Å². The second-order valence-corrected chi connectivity index (χ2v) is 5.35. The molecular formula is C17H20O3. The zero-order valence-electron chi connectivity index (χ0n) is 12.3. The van der Waals surface area contributed by atoms with E-state index in [0.717, 1.165) is 22.8 Å². The van der Waals surface area contributed by atoms with Crippen molar-refractivity contribution >= 4 is 17.1 Å². The lowest BCUT2D eigenvalue weighted by molar-refractivity contribution is 0.111. The number of rotatable bonds is 5. The number of hydrogen-bond acceptors (Lipinski definition) is 3. The minimum absolute atomic E-state index is 0.0368. The lowest BCUT2D eigenvalue weighted by Gasteiger charge is -2.14. The van der Waals surface area contributed by atoms with E-state index in [2.05, 4.69) is 0 Å². The highest BCUT2D eigenvalue weighted by molar-refractivity contribution is 5.93. The zero-order chi connectivity index (χ0) is 14.7. The predicted octanol–water partition coefficient (Wildman–Crippen LogP) is 4.23. The molecule has 0 saturated carbocycles. The lowest BCUT2D eigenvalue weighted by Crippen LogP contribution is -2.07. The average Bonchev–Trinajstić information content (AvgIpc) is 2.36. The normalized spacial score (nSPS) is 11.1. The number of fused-ring (bicyclic) bond motifs is 1. The molecule has 0 saturated heterocycles. The van der Waals surface area contributed by atoms with Gasteiger partial charge in [0, 0.05) is 0 Å². The summed E-state index contributed by atoms with van der Waals surface area (Å²) in [5.41, 5.74) is 0.563. The van der Waals surface area contributed by atoms with Crippen LogP contribution >= 0.6 is 0 Å². The number of ether oxygens (including phenoxy) is 2. The monoisotopic (exact) mass is 272 g/mol. The molecule has 0 spiro atoms. The molecule has 3 nitrogen and oxygen atoms in total. The molecule has 0 radical (unpaired) electrons. The summed E-state index contributed by atoms with van der Waals surface area (Å²) in [7, 11) is 0. The highest BCUT2D eigenvalue weighted by Crippen LogP contribution is 2.29. The first-order valence-electron chi connectivity index (χ1n) is 6.86. The second kappa shape index (κ2) is 5.95. The molecule has 0 aliphatic heterocycles. The van der Waals surface area contributed by atoms with E-state index in [1.807, 2.05) is 58.0 Å². The molecule has 0 amide bonds. The fourth-order valence-corrected chi connectivity index (χ4v) is 2.07. The molecule has 2 aromatic rings. The van der Waals surface area contributed by atoms with Crippen molar-refractivity contribution in [2.24, 2.45) is 0 Å². The summed E-state index contributed by atoms with van der Waals surface area (Å²) in [5, 5.41) is 2.00. The third-order valence-electron chi connectivity index (χ3n) is 2.80. The van der Waals surface area contributed by atoms with Gasteiger partial charge in [-0.25, -0.2) is 0 Å². The predicted molar refractivity (Wildman–Crippen MR) is 80.9 cm³/mol. The van der Waals surface area contributed by atoms with Crippen LogP contribution in [0.3, 0.4) is 0 Å². The molecule has 0 aromatic heterocycles. The molecule has 2 rings (SSSR count). The molecule has 0 heterocycles. The standard InChI is InChI=1S/C17H20O3/c1-11(2)19-16-6-5-13-9-17(20-12(3)4)15(10-18)7-14(13)8-16/h5-12H,1-4H3. The molecular weight excluding hydrogens is 252 g/mol. The highest BCUT2D eigenvalue weighted by atomic mass is 16.5. The topological polar surface area (TPSA) is 35.5 Å². The van der Waals surface area contributed by atoms with Gasteiger partial charge in [-0.1, -0.05) is 6.07 Å². The molecule has 0 atom stereocenters. The van der Waals surface area contributed by atoms with E-state index in [1.54, 1.807) is 0 Å². The lowest BCUT2D eigenvalue weighted by atomic mass is 10.1. The Kier molecular flexibility index (Phi) is 4.28. The van der Waals surface area contributed by atoms with Crippen LogP contribution in [0.2, 0.25) is 0 Å². The van der Waals surface area contributed by atoms with Crippen LogP contribution in [-0.4, -0.2) is 18.5 Å². The maximum atomic E-state index is 11.2. The van der Waals surface area contributed by atoms with Gasteiger partial charge in [0.1, 0.15) is 11.5 Å². The van der Waals surface area contributed by atoms with Crippen LogP contribution in [0, 0.1) is 0 Å². The smallest absolute Gasteiger partial charge is 0.153 e. The van der Waals surface area contributed by atoms with Gasteiger partial charge in [-0.05, 0) is 62.7 Å². The molecule has 0 bridgehead atoms. The number of benzene rings is 2. The van der Waals surface area contributed by atoms with Crippen LogP contribution in [-0.2, 0) is 0 Å². The van der Waals surface area contributed by atoms with E-state index >= 15 is 0 Å². The molecule has 0 aliphatic rings. The Bertz CT molecular complexity index is 615. The molecule has 2 aromatic carbocycles. The SMILES string of the molecule is CC(C)Oc1ccc2cc(OC(C)C)c(C=O)cc2c1. The van der Waals surface area contributed by atoms with Crippen molar-refractivity contribution in [3.05, 3.63) is 35.9 Å². The van der Waals surface area contributed by atoms with Crippen LogP contribution < -0.4 is 9.47 Å². The Morgan fingerprint density at radius 1 is 0.900 bits per heavy atom. The van der Waals surface area contributed by atoms with Crippen LogP contribution in [0.25, 0.3) is 10.8 Å². The van der Waals surface area contributed by atoms with Crippen molar-refractivity contribution in [1.29, 1.82) is 0 Å². The molecule has 106 valence electrons. The first kappa shape index (κ1) is 14.4. The molecule has 20 heavy (non-hydrogen) atoms. The summed E-state index contributed by atoms with van der Waals surface area (Å²) in [6.07, 6.45) is 0.990. The van der Waals surface area contributed by atoms with Crippen molar-refractivity contribution in [2.75, 3.05) is 0 Å². The van der Waals surface area contributed by atoms with Crippen molar-refractivity contribution < 1.29 is 14.3 Å². The fraction of sp³-hybridized carbons (Fsp3) is 0.353. The van der Waals surface area contributed by atoms with Crippen LogP contribution in [0.15, 0.2) is 30.3 Å². The van der Waals surface area contributed by atoms with Crippen LogP contribution in [0.1, 0.15) is 38.1 Å². The number of carbonyl (C=O) groups excluding carboxylic acids is 1. The number of aldehydes is 1. The van der Waals surface area contributed by atoms with Gasteiger partial charge in [-0.15, -0.1) is 0 Å². The minimum Gasteiger partial charge on any atom is -0.491 e. The summed E-state index contributed by atoms with van der Waals surface area (Å²) >= 11 is 0. The van der Waals surface area contributed by atoms with Crippen molar-refractivity contribution in [3.63, 3.8) is 0 Å². The molecule has 0 aliphatic carbocycles. The molecule has 0 unspecified atom stereocenters. The highest BCUT2D eigenvalue weighted by Gasteiger charge is 2.08. The van der Waals surface area contributed by atoms with Gasteiger partial charge in [-0.3, -0.25) is 4.79 Å². The summed E-state index contributed by atoms with van der Waals surface area (Å²) in [5.74, 6) is 1.43. The average molecular weight is 272 g/mol. The fourth-order valence-electron chi connectivity index (χ4n) is 2.07. The quantitative estimate of drug-likeness (QED) is 0.764. The van der Waals surface area contributed by atoms with Gasteiger partial charge in [-0.2, -0.15) is 0 Å². The van der Waals surface area contributed by atoms with Gasteiger partial charge in [0.25, 0.3) is 0 Å².